The van der Waals surface area contributed by atoms with Gasteiger partial charge in [0.15, 0.2) is 6.10 Å². The third-order valence-electron chi connectivity index (χ3n) is 3.18. The Bertz CT molecular complexity index is 540. The molecule has 0 aromatic heterocycles. The SMILES string of the molecule is Cc1cc(C)c2c(c1)N(CCC(N)=O)C(=O)C(C)O2. The van der Waals surface area contributed by atoms with Crippen LogP contribution in [0.3, 0.4) is 0 Å². The summed E-state index contributed by atoms with van der Waals surface area (Å²) < 4.78 is 5.66. The van der Waals surface area contributed by atoms with Crippen LogP contribution < -0.4 is 15.4 Å². The molecular weight excluding hydrogens is 244 g/mol. The molecule has 1 unspecified atom stereocenters. The van der Waals surface area contributed by atoms with Gasteiger partial charge in [0.1, 0.15) is 5.75 Å². The lowest BCUT2D eigenvalue weighted by Crippen LogP contribution is -2.45. The molecular formula is C14H18N2O3. The molecule has 0 bridgehead atoms. The van der Waals surface area contributed by atoms with Crippen LogP contribution in [0.15, 0.2) is 12.1 Å². The van der Waals surface area contributed by atoms with E-state index >= 15 is 0 Å². The van der Waals surface area contributed by atoms with Crippen LogP contribution >= 0.6 is 0 Å². The van der Waals surface area contributed by atoms with Crippen LogP contribution in [-0.2, 0) is 9.59 Å². The minimum atomic E-state index is -0.540. The number of primary amides is 1. The molecule has 1 aromatic carbocycles. The van der Waals surface area contributed by atoms with Gasteiger partial charge in [0.25, 0.3) is 5.91 Å². The quantitative estimate of drug-likeness (QED) is 0.892. The zero-order chi connectivity index (χ0) is 14.2. The Balaban J connectivity index is 2.43. The van der Waals surface area contributed by atoms with Gasteiger partial charge in [-0.25, -0.2) is 0 Å². The van der Waals surface area contributed by atoms with Gasteiger partial charge in [-0.3, -0.25) is 9.59 Å². The van der Waals surface area contributed by atoms with E-state index in [-0.39, 0.29) is 18.9 Å². The topological polar surface area (TPSA) is 72.6 Å². The Labute approximate surface area is 112 Å². The van der Waals surface area contributed by atoms with E-state index < -0.39 is 12.0 Å². The van der Waals surface area contributed by atoms with E-state index in [1.165, 1.54) is 0 Å². The van der Waals surface area contributed by atoms with Gasteiger partial charge in [-0.2, -0.15) is 0 Å². The maximum absolute atomic E-state index is 12.2. The number of amides is 2. The lowest BCUT2D eigenvalue weighted by molar-refractivity contribution is -0.125. The fourth-order valence-electron chi connectivity index (χ4n) is 2.30. The number of carbonyl (C=O) groups excluding carboxylic acids is 2. The molecule has 1 heterocycles. The number of nitrogens with zero attached hydrogens (tertiary/aromatic N) is 1. The summed E-state index contributed by atoms with van der Waals surface area (Å²) in [7, 11) is 0. The monoisotopic (exact) mass is 262 g/mol. The van der Waals surface area contributed by atoms with E-state index in [4.69, 9.17) is 10.5 Å². The van der Waals surface area contributed by atoms with Gasteiger partial charge in [0.05, 0.1) is 5.69 Å². The minimum Gasteiger partial charge on any atom is -0.478 e. The highest BCUT2D eigenvalue weighted by atomic mass is 16.5. The van der Waals surface area contributed by atoms with E-state index in [2.05, 4.69) is 0 Å². The maximum atomic E-state index is 12.2. The maximum Gasteiger partial charge on any atom is 0.267 e. The van der Waals surface area contributed by atoms with Crippen LogP contribution in [0.25, 0.3) is 0 Å². The highest BCUT2D eigenvalue weighted by Crippen LogP contribution is 2.37. The van der Waals surface area contributed by atoms with Crippen LogP contribution in [0.5, 0.6) is 5.75 Å². The summed E-state index contributed by atoms with van der Waals surface area (Å²) in [5.41, 5.74) is 7.92. The van der Waals surface area contributed by atoms with Gasteiger partial charge in [0.2, 0.25) is 5.91 Å². The summed E-state index contributed by atoms with van der Waals surface area (Å²) in [5, 5.41) is 0. The van der Waals surface area contributed by atoms with E-state index in [1.54, 1.807) is 11.8 Å². The molecule has 102 valence electrons. The molecule has 0 saturated heterocycles. The molecule has 0 saturated carbocycles. The second-order valence-electron chi connectivity index (χ2n) is 4.90. The Morgan fingerprint density at radius 2 is 2.11 bits per heavy atom. The summed E-state index contributed by atoms with van der Waals surface area (Å²) in [4.78, 5) is 24.7. The normalized spacial score (nSPS) is 17.9. The first-order valence-corrected chi connectivity index (χ1v) is 6.27. The number of aryl methyl sites for hydroxylation is 2. The van der Waals surface area contributed by atoms with Crippen LogP contribution in [-0.4, -0.2) is 24.5 Å². The second kappa shape index (κ2) is 4.91. The number of nitrogens with two attached hydrogens (primary N) is 1. The number of ether oxygens (including phenoxy) is 1. The molecule has 0 spiro atoms. The summed E-state index contributed by atoms with van der Waals surface area (Å²) >= 11 is 0. The number of anilines is 1. The first-order valence-electron chi connectivity index (χ1n) is 6.27. The van der Waals surface area contributed by atoms with Gasteiger partial charge >= 0.3 is 0 Å². The highest BCUT2D eigenvalue weighted by Gasteiger charge is 2.32. The predicted molar refractivity (Wildman–Crippen MR) is 72.2 cm³/mol. The minimum absolute atomic E-state index is 0.140. The van der Waals surface area contributed by atoms with Crippen molar-refractivity contribution in [3.8, 4) is 5.75 Å². The first-order chi connectivity index (χ1) is 8.90. The third-order valence-corrected chi connectivity index (χ3v) is 3.18. The summed E-state index contributed by atoms with van der Waals surface area (Å²) in [6, 6.07) is 3.90. The highest BCUT2D eigenvalue weighted by molar-refractivity contribution is 6.00. The van der Waals surface area contributed by atoms with E-state index in [9.17, 15) is 9.59 Å². The summed E-state index contributed by atoms with van der Waals surface area (Å²) in [6.07, 6.45) is -0.396. The molecule has 2 amide bonds. The number of hydrogen-bond donors (Lipinski definition) is 1. The number of carbonyl (C=O) groups is 2. The molecule has 1 aromatic rings. The molecule has 2 rings (SSSR count). The molecule has 1 aliphatic rings. The van der Waals surface area contributed by atoms with Gasteiger partial charge in [-0.1, -0.05) is 6.07 Å². The molecule has 1 atom stereocenters. The Morgan fingerprint density at radius 3 is 2.74 bits per heavy atom. The molecule has 1 aliphatic heterocycles. The van der Waals surface area contributed by atoms with Crippen molar-refractivity contribution in [2.75, 3.05) is 11.4 Å². The zero-order valence-electron chi connectivity index (χ0n) is 11.4. The molecule has 5 heteroatoms. The number of hydrogen-bond acceptors (Lipinski definition) is 3. The second-order valence-corrected chi connectivity index (χ2v) is 4.90. The summed E-state index contributed by atoms with van der Waals surface area (Å²) in [6.45, 7) is 5.91. The van der Waals surface area contributed by atoms with Crippen molar-refractivity contribution in [2.45, 2.75) is 33.3 Å². The van der Waals surface area contributed by atoms with Crippen LogP contribution in [0.4, 0.5) is 5.69 Å². The number of fused-ring (bicyclic) bond motifs is 1. The van der Waals surface area contributed by atoms with Crippen molar-refractivity contribution in [2.24, 2.45) is 5.73 Å². The van der Waals surface area contributed by atoms with E-state index in [0.29, 0.717) is 5.75 Å². The smallest absolute Gasteiger partial charge is 0.267 e. The molecule has 19 heavy (non-hydrogen) atoms. The first kappa shape index (κ1) is 13.4. The van der Waals surface area contributed by atoms with Gasteiger partial charge in [0, 0.05) is 13.0 Å². The van der Waals surface area contributed by atoms with Crippen LogP contribution in [0.1, 0.15) is 24.5 Å². The van der Waals surface area contributed by atoms with Crippen molar-refractivity contribution in [1.82, 2.24) is 0 Å². The van der Waals surface area contributed by atoms with Crippen molar-refractivity contribution in [3.05, 3.63) is 23.3 Å². The average molecular weight is 262 g/mol. The third kappa shape index (κ3) is 2.54. The Morgan fingerprint density at radius 1 is 1.42 bits per heavy atom. The van der Waals surface area contributed by atoms with E-state index in [1.807, 2.05) is 26.0 Å². The predicted octanol–water partition coefficient (Wildman–Crippen LogP) is 1.29. The van der Waals surface area contributed by atoms with E-state index in [0.717, 1.165) is 16.8 Å². The molecule has 2 N–H and O–H groups in total. The zero-order valence-corrected chi connectivity index (χ0v) is 11.4. The Kier molecular flexibility index (Phi) is 3.46. The fraction of sp³-hybridized carbons (Fsp3) is 0.429. The van der Waals surface area contributed by atoms with Crippen LogP contribution in [0.2, 0.25) is 0 Å². The summed E-state index contributed by atoms with van der Waals surface area (Å²) in [5.74, 6) is 0.152. The van der Waals surface area contributed by atoms with Gasteiger partial charge < -0.3 is 15.4 Å². The van der Waals surface area contributed by atoms with Crippen molar-refractivity contribution in [1.29, 1.82) is 0 Å². The van der Waals surface area contributed by atoms with Crippen molar-refractivity contribution in [3.63, 3.8) is 0 Å². The standard InChI is InChI=1S/C14H18N2O3/c1-8-6-9(2)13-11(7-8)16(5-4-12(15)17)14(18)10(3)19-13/h6-7,10H,4-5H2,1-3H3,(H2,15,17). The van der Waals surface area contributed by atoms with Crippen molar-refractivity contribution >= 4 is 17.5 Å². The molecule has 0 aliphatic carbocycles. The number of benzene rings is 1. The van der Waals surface area contributed by atoms with Gasteiger partial charge in [-0.15, -0.1) is 0 Å². The number of rotatable bonds is 3. The largest absolute Gasteiger partial charge is 0.478 e. The van der Waals surface area contributed by atoms with Crippen LogP contribution in [0, 0.1) is 13.8 Å². The lowest BCUT2D eigenvalue weighted by Gasteiger charge is -2.34. The molecule has 0 radical (unpaired) electrons. The molecule has 0 fully saturated rings. The molecule has 5 nitrogen and oxygen atoms in total. The lowest BCUT2D eigenvalue weighted by atomic mass is 10.1. The average Bonchev–Trinajstić information content (AvgIpc) is 2.31. The van der Waals surface area contributed by atoms with Crippen molar-refractivity contribution < 1.29 is 14.3 Å². The Hall–Kier alpha value is -2.04. The van der Waals surface area contributed by atoms with Gasteiger partial charge in [-0.05, 0) is 38.0 Å². The fourth-order valence-corrected chi connectivity index (χ4v) is 2.30.